The lowest BCUT2D eigenvalue weighted by atomic mass is 9.82. The van der Waals surface area contributed by atoms with Crippen molar-refractivity contribution < 1.29 is 13.9 Å². The van der Waals surface area contributed by atoms with Crippen LogP contribution in [0.5, 0.6) is 5.75 Å². The number of ether oxygens (including phenoxy) is 1. The van der Waals surface area contributed by atoms with E-state index in [1.807, 2.05) is 6.92 Å². The topological polar surface area (TPSA) is 53.3 Å². The SMILES string of the molecule is COc1cccc(F)c1C(=O)N1CCC(C)(C#N)CC1. The molecular formula is C15H17FN2O2. The fraction of sp³-hybridized carbons (Fsp3) is 0.467. The van der Waals surface area contributed by atoms with E-state index in [2.05, 4.69) is 6.07 Å². The van der Waals surface area contributed by atoms with E-state index in [0.29, 0.717) is 25.9 Å². The van der Waals surface area contributed by atoms with Gasteiger partial charge in [0.2, 0.25) is 0 Å². The molecule has 1 fully saturated rings. The van der Waals surface area contributed by atoms with Crippen molar-refractivity contribution in [2.45, 2.75) is 19.8 Å². The Morgan fingerprint density at radius 3 is 2.65 bits per heavy atom. The van der Waals surface area contributed by atoms with Crippen molar-refractivity contribution in [1.29, 1.82) is 5.26 Å². The fourth-order valence-corrected chi connectivity index (χ4v) is 2.36. The van der Waals surface area contributed by atoms with Gasteiger partial charge in [-0.3, -0.25) is 4.79 Å². The molecule has 0 unspecified atom stereocenters. The van der Waals surface area contributed by atoms with Crippen LogP contribution < -0.4 is 4.74 Å². The summed E-state index contributed by atoms with van der Waals surface area (Å²) in [5.41, 5.74) is -0.425. The molecule has 0 N–H and O–H groups in total. The van der Waals surface area contributed by atoms with Crippen LogP contribution in [0.15, 0.2) is 18.2 Å². The minimum Gasteiger partial charge on any atom is -0.496 e. The Hall–Kier alpha value is -2.09. The van der Waals surface area contributed by atoms with E-state index >= 15 is 0 Å². The molecule has 0 radical (unpaired) electrons. The highest BCUT2D eigenvalue weighted by atomic mass is 19.1. The number of carbonyl (C=O) groups excluding carboxylic acids is 1. The second kappa shape index (κ2) is 5.49. The monoisotopic (exact) mass is 276 g/mol. The molecule has 2 rings (SSSR count). The summed E-state index contributed by atoms with van der Waals surface area (Å²) in [7, 11) is 1.41. The maximum Gasteiger partial charge on any atom is 0.260 e. The summed E-state index contributed by atoms with van der Waals surface area (Å²) < 4.78 is 18.9. The van der Waals surface area contributed by atoms with E-state index < -0.39 is 11.2 Å². The number of hydrogen-bond donors (Lipinski definition) is 0. The third kappa shape index (κ3) is 2.60. The summed E-state index contributed by atoms with van der Waals surface area (Å²) in [6.07, 6.45) is 1.21. The van der Waals surface area contributed by atoms with E-state index in [0.717, 1.165) is 0 Å². The number of amides is 1. The number of benzene rings is 1. The molecule has 0 aromatic heterocycles. The molecule has 1 aromatic rings. The first-order chi connectivity index (χ1) is 9.50. The van der Waals surface area contributed by atoms with Gasteiger partial charge in [0.05, 0.1) is 18.6 Å². The maximum atomic E-state index is 13.9. The summed E-state index contributed by atoms with van der Waals surface area (Å²) in [6, 6.07) is 6.60. The second-order valence-corrected chi connectivity index (χ2v) is 5.28. The lowest BCUT2D eigenvalue weighted by molar-refractivity contribution is 0.0653. The van der Waals surface area contributed by atoms with Crippen LogP contribution in [0.1, 0.15) is 30.1 Å². The van der Waals surface area contributed by atoms with Crippen LogP contribution in [0.4, 0.5) is 4.39 Å². The fourth-order valence-electron chi connectivity index (χ4n) is 2.36. The Morgan fingerprint density at radius 2 is 2.10 bits per heavy atom. The number of rotatable bonds is 2. The van der Waals surface area contributed by atoms with Crippen molar-refractivity contribution >= 4 is 5.91 Å². The molecule has 0 saturated carbocycles. The summed E-state index contributed by atoms with van der Waals surface area (Å²) in [4.78, 5) is 14.0. The average molecular weight is 276 g/mol. The normalized spacial score (nSPS) is 17.4. The van der Waals surface area contributed by atoms with E-state index in [9.17, 15) is 9.18 Å². The quantitative estimate of drug-likeness (QED) is 0.834. The zero-order valence-corrected chi connectivity index (χ0v) is 11.6. The highest BCUT2D eigenvalue weighted by Crippen LogP contribution is 2.31. The molecule has 106 valence electrons. The van der Waals surface area contributed by atoms with Crippen molar-refractivity contribution in [1.82, 2.24) is 4.90 Å². The number of piperidine rings is 1. The van der Waals surface area contributed by atoms with Gasteiger partial charge in [-0.15, -0.1) is 0 Å². The molecule has 0 atom stereocenters. The first kappa shape index (κ1) is 14.3. The number of carbonyl (C=O) groups is 1. The largest absolute Gasteiger partial charge is 0.496 e. The third-order valence-electron chi connectivity index (χ3n) is 3.83. The second-order valence-electron chi connectivity index (χ2n) is 5.28. The summed E-state index contributed by atoms with van der Waals surface area (Å²) >= 11 is 0. The van der Waals surface area contributed by atoms with Crippen LogP contribution in [0, 0.1) is 22.6 Å². The molecule has 4 nitrogen and oxygen atoms in total. The van der Waals surface area contributed by atoms with Gasteiger partial charge in [-0.2, -0.15) is 5.26 Å². The van der Waals surface area contributed by atoms with Crippen molar-refractivity contribution in [2.75, 3.05) is 20.2 Å². The predicted octanol–water partition coefficient (Wildman–Crippen LogP) is 2.60. The van der Waals surface area contributed by atoms with Crippen molar-refractivity contribution in [3.05, 3.63) is 29.6 Å². The van der Waals surface area contributed by atoms with Crippen LogP contribution in [0.3, 0.4) is 0 Å². The highest BCUT2D eigenvalue weighted by molar-refractivity contribution is 5.97. The van der Waals surface area contributed by atoms with Gasteiger partial charge in [0.15, 0.2) is 0 Å². The van der Waals surface area contributed by atoms with Gasteiger partial charge in [-0.05, 0) is 31.9 Å². The minimum absolute atomic E-state index is 0.0319. The van der Waals surface area contributed by atoms with E-state index in [-0.39, 0.29) is 17.2 Å². The zero-order valence-electron chi connectivity index (χ0n) is 11.6. The molecule has 1 aliphatic heterocycles. The average Bonchev–Trinajstić information content (AvgIpc) is 2.47. The molecule has 1 aromatic carbocycles. The van der Waals surface area contributed by atoms with Gasteiger partial charge in [-0.25, -0.2) is 4.39 Å². The van der Waals surface area contributed by atoms with Crippen LogP contribution in [0.25, 0.3) is 0 Å². The van der Waals surface area contributed by atoms with Crippen molar-refractivity contribution in [3.63, 3.8) is 0 Å². The van der Waals surface area contributed by atoms with E-state index in [1.54, 1.807) is 11.0 Å². The number of halogens is 1. The van der Waals surface area contributed by atoms with Gasteiger partial charge in [0.1, 0.15) is 17.1 Å². The highest BCUT2D eigenvalue weighted by Gasteiger charge is 2.33. The molecule has 1 aliphatic rings. The number of likely N-dealkylation sites (tertiary alicyclic amines) is 1. The maximum absolute atomic E-state index is 13.9. The summed E-state index contributed by atoms with van der Waals surface area (Å²) in [6.45, 7) is 2.80. The summed E-state index contributed by atoms with van der Waals surface area (Å²) in [5.74, 6) is -0.716. The number of nitriles is 1. The van der Waals surface area contributed by atoms with Crippen molar-refractivity contribution in [3.8, 4) is 11.8 Å². The number of hydrogen-bond acceptors (Lipinski definition) is 3. The molecule has 1 heterocycles. The Kier molecular flexibility index (Phi) is 3.93. The van der Waals surface area contributed by atoms with Crippen molar-refractivity contribution in [2.24, 2.45) is 5.41 Å². The number of nitrogens with zero attached hydrogens (tertiary/aromatic N) is 2. The molecule has 20 heavy (non-hydrogen) atoms. The molecule has 0 bridgehead atoms. The van der Waals surface area contributed by atoms with Crippen LogP contribution >= 0.6 is 0 Å². The Labute approximate surface area is 117 Å². The zero-order chi connectivity index (χ0) is 14.8. The first-order valence-electron chi connectivity index (χ1n) is 6.54. The van der Waals surface area contributed by atoms with E-state index in [4.69, 9.17) is 10.00 Å². The first-order valence-corrected chi connectivity index (χ1v) is 6.54. The third-order valence-corrected chi connectivity index (χ3v) is 3.83. The lowest BCUT2D eigenvalue weighted by Gasteiger charge is -2.35. The molecule has 0 aliphatic carbocycles. The molecular weight excluding hydrogens is 259 g/mol. The van der Waals surface area contributed by atoms with Crippen LogP contribution in [0.2, 0.25) is 0 Å². The lowest BCUT2D eigenvalue weighted by Crippen LogP contribution is -2.42. The molecule has 0 spiro atoms. The van der Waals surface area contributed by atoms with Gasteiger partial charge in [-0.1, -0.05) is 6.07 Å². The Balaban J connectivity index is 2.20. The van der Waals surface area contributed by atoms with Gasteiger partial charge >= 0.3 is 0 Å². The smallest absolute Gasteiger partial charge is 0.260 e. The van der Waals surface area contributed by atoms with Crippen LogP contribution in [-0.4, -0.2) is 31.0 Å². The Bertz CT molecular complexity index is 557. The predicted molar refractivity (Wildman–Crippen MR) is 71.8 cm³/mol. The Morgan fingerprint density at radius 1 is 1.45 bits per heavy atom. The molecule has 5 heteroatoms. The number of methoxy groups -OCH3 is 1. The van der Waals surface area contributed by atoms with E-state index in [1.165, 1.54) is 19.2 Å². The van der Waals surface area contributed by atoms with Gasteiger partial charge in [0.25, 0.3) is 5.91 Å². The van der Waals surface area contributed by atoms with Gasteiger partial charge in [0, 0.05) is 13.1 Å². The molecule has 1 amide bonds. The van der Waals surface area contributed by atoms with Gasteiger partial charge < -0.3 is 9.64 Å². The van der Waals surface area contributed by atoms with Crippen LogP contribution in [-0.2, 0) is 0 Å². The summed E-state index contributed by atoms with van der Waals surface area (Å²) in [5, 5.41) is 9.09. The molecule has 1 saturated heterocycles. The minimum atomic E-state index is -0.581. The standard InChI is InChI=1S/C15H17FN2O2/c1-15(10-17)6-8-18(9-7-15)14(19)13-11(16)4-3-5-12(13)20-2/h3-5H,6-9H2,1-2H3.